The Morgan fingerprint density at radius 3 is 2.67 bits per heavy atom. The van der Waals surface area contributed by atoms with Crippen LogP contribution in [0.2, 0.25) is 0 Å². The summed E-state index contributed by atoms with van der Waals surface area (Å²) < 4.78 is 0. The first-order valence-corrected chi connectivity index (χ1v) is 5.93. The van der Waals surface area contributed by atoms with Crippen molar-refractivity contribution in [3.05, 3.63) is 17.8 Å². The molecular formula is C11H17N5OS. The molecule has 0 fully saturated rings. The van der Waals surface area contributed by atoms with Crippen LogP contribution in [0.4, 0.5) is 5.82 Å². The Morgan fingerprint density at radius 1 is 1.56 bits per heavy atom. The summed E-state index contributed by atoms with van der Waals surface area (Å²) in [6.07, 6.45) is 0.602. The minimum Gasteiger partial charge on any atom is -0.393 e. The van der Waals surface area contributed by atoms with Crippen LogP contribution in [0, 0.1) is 0 Å². The van der Waals surface area contributed by atoms with Crippen molar-refractivity contribution in [1.29, 1.82) is 0 Å². The molecule has 0 aliphatic heterocycles. The van der Waals surface area contributed by atoms with Crippen LogP contribution in [0.15, 0.2) is 12.1 Å². The maximum absolute atomic E-state index is 11.3. The molecule has 0 aromatic carbocycles. The highest BCUT2D eigenvalue weighted by Crippen LogP contribution is 2.12. The number of nitrogens with one attached hydrogen (secondary N) is 1. The zero-order valence-corrected chi connectivity index (χ0v) is 11.5. The minimum absolute atomic E-state index is 0.127. The van der Waals surface area contributed by atoms with Crippen molar-refractivity contribution >= 4 is 28.9 Å². The third-order valence-electron chi connectivity index (χ3n) is 2.63. The van der Waals surface area contributed by atoms with Crippen molar-refractivity contribution in [2.24, 2.45) is 5.73 Å². The van der Waals surface area contributed by atoms with Gasteiger partial charge in [0.25, 0.3) is 5.91 Å². The molecule has 98 valence electrons. The Balaban J connectivity index is 2.78. The molecule has 0 bridgehead atoms. The molecule has 0 saturated heterocycles. The second kappa shape index (κ2) is 6.25. The number of thiocarbonyl (C=S) groups is 1. The van der Waals surface area contributed by atoms with Gasteiger partial charge in [0.05, 0.1) is 4.99 Å². The lowest BCUT2D eigenvalue weighted by molar-refractivity contribution is 0.0957. The van der Waals surface area contributed by atoms with Gasteiger partial charge in [0.1, 0.15) is 0 Å². The van der Waals surface area contributed by atoms with Crippen LogP contribution in [0.5, 0.6) is 0 Å². The lowest BCUT2D eigenvalue weighted by atomic mass is 10.2. The lowest BCUT2D eigenvalue weighted by Gasteiger charge is -2.25. The first kappa shape index (κ1) is 14.3. The van der Waals surface area contributed by atoms with Gasteiger partial charge in [-0.3, -0.25) is 4.79 Å². The van der Waals surface area contributed by atoms with Crippen LogP contribution in [0.3, 0.4) is 0 Å². The highest BCUT2D eigenvalue weighted by Gasteiger charge is 2.13. The molecule has 0 saturated carbocycles. The summed E-state index contributed by atoms with van der Waals surface area (Å²) in [5, 5.41) is 10.4. The molecule has 1 unspecified atom stereocenters. The standard InChI is InChI=1S/C11H17N5OS/c1-7(6-9(12)18)16(3)10-5-4-8(14-15-10)11(17)13-2/h4-5,7H,6H2,1-3H3,(H2,12,18)(H,13,17). The number of amides is 1. The fraction of sp³-hybridized carbons (Fsp3) is 0.455. The van der Waals surface area contributed by atoms with Gasteiger partial charge >= 0.3 is 0 Å². The summed E-state index contributed by atoms with van der Waals surface area (Å²) in [5.41, 5.74) is 5.80. The smallest absolute Gasteiger partial charge is 0.271 e. The SMILES string of the molecule is CNC(=O)c1ccc(N(C)C(C)CC(N)=S)nn1. The summed E-state index contributed by atoms with van der Waals surface area (Å²) >= 11 is 4.87. The van der Waals surface area contributed by atoms with E-state index in [4.69, 9.17) is 18.0 Å². The van der Waals surface area contributed by atoms with Gasteiger partial charge in [-0.25, -0.2) is 0 Å². The van der Waals surface area contributed by atoms with Gasteiger partial charge < -0.3 is 16.0 Å². The van der Waals surface area contributed by atoms with Gasteiger partial charge in [0.2, 0.25) is 0 Å². The number of carbonyl (C=O) groups excluding carboxylic acids is 1. The Hall–Kier alpha value is -1.76. The quantitative estimate of drug-likeness (QED) is 0.748. The van der Waals surface area contributed by atoms with Crippen molar-refractivity contribution in [1.82, 2.24) is 15.5 Å². The summed E-state index contributed by atoms with van der Waals surface area (Å²) in [6.45, 7) is 1.99. The summed E-state index contributed by atoms with van der Waals surface area (Å²) in [4.78, 5) is 13.7. The van der Waals surface area contributed by atoms with Crippen LogP contribution in [0.25, 0.3) is 0 Å². The van der Waals surface area contributed by atoms with Crippen molar-refractivity contribution < 1.29 is 4.79 Å². The monoisotopic (exact) mass is 267 g/mol. The van der Waals surface area contributed by atoms with E-state index in [9.17, 15) is 4.79 Å². The zero-order chi connectivity index (χ0) is 13.7. The largest absolute Gasteiger partial charge is 0.393 e. The highest BCUT2D eigenvalue weighted by atomic mass is 32.1. The van der Waals surface area contributed by atoms with Gasteiger partial charge in [0.15, 0.2) is 11.5 Å². The summed E-state index contributed by atoms with van der Waals surface area (Å²) in [7, 11) is 3.43. The number of hydrogen-bond donors (Lipinski definition) is 2. The molecule has 1 rings (SSSR count). The van der Waals surface area contributed by atoms with E-state index in [0.717, 1.165) is 0 Å². The second-order valence-corrected chi connectivity index (χ2v) is 4.51. The molecule has 0 aliphatic carbocycles. The highest BCUT2D eigenvalue weighted by molar-refractivity contribution is 7.80. The van der Waals surface area contributed by atoms with Crippen LogP contribution in [-0.4, -0.2) is 41.2 Å². The zero-order valence-electron chi connectivity index (χ0n) is 10.7. The maximum atomic E-state index is 11.3. The van der Waals surface area contributed by atoms with Crippen LogP contribution >= 0.6 is 12.2 Å². The van der Waals surface area contributed by atoms with Gasteiger partial charge in [-0.2, -0.15) is 0 Å². The Morgan fingerprint density at radius 2 is 2.22 bits per heavy atom. The molecule has 1 atom stereocenters. The van der Waals surface area contributed by atoms with E-state index in [1.807, 2.05) is 18.9 Å². The third kappa shape index (κ3) is 3.63. The Labute approximate surface area is 112 Å². The van der Waals surface area contributed by atoms with Crippen LogP contribution in [0.1, 0.15) is 23.8 Å². The van der Waals surface area contributed by atoms with Crippen LogP contribution in [-0.2, 0) is 0 Å². The van der Waals surface area contributed by atoms with E-state index in [2.05, 4.69) is 15.5 Å². The van der Waals surface area contributed by atoms with E-state index in [-0.39, 0.29) is 17.6 Å². The fourth-order valence-electron chi connectivity index (χ4n) is 1.42. The van der Waals surface area contributed by atoms with E-state index in [1.54, 1.807) is 19.2 Å². The van der Waals surface area contributed by atoms with Crippen molar-refractivity contribution in [2.45, 2.75) is 19.4 Å². The van der Waals surface area contributed by atoms with Crippen LogP contribution < -0.4 is 16.0 Å². The molecule has 18 heavy (non-hydrogen) atoms. The average Bonchev–Trinajstić information content (AvgIpc) is 2.36. The molecule has 1 aromatic heterocycles. The lowest BCUT2D eigenvalue weighted by Crippen LogP contribution is -2.33. The van der Waals surface area contributed by atoms with Crippen molar-refractivity contribution in [2.75, 3.05) is 19.0 Å². The molecule has 3 N–H and O–H groups in total. The van der Waals surface area contributed by atoms with Crippen molar-refractivity contribution in [3.8, 4) is 0 Å². The molecule has 1 aromatic rings. The third-order valence-corrected chi connectivity index (χ3v) is 2.80. The Bertz CT molecular complexity index is 434. The average molecular weight is 267 g/mol. The molecule has 0 spiro atoms. The first-order valence-electron chi connectivity index (χ1n) is 5.52. The fourth-order valence-corrected chi connectivity index (χ4v) is 1.66. The topological polar surface area (TPSA) is 84.1 Å². The molecular weight excluding hydrogens is 250 g/mol. The number of nitrogens with two attached hydrogens (primary N) is 1. The number of rotatable bonds is 5. The number of nitrogens with zero attached hydrogens (tertiary/aromatic N) is 3. The normalized spacial score (nSPS) is 11.7. The second-order valence-electron chi connectivity index (χ2n) is 3.99. The van der Waals surface area contributed by atoms with Gasteiger partial charge in [-0.1, -0.05) is 12.2 Å². The molecule has 6 nitrogen and oxygen atoms in total. The number of anilines is 1. The molecule has 1 heterocycles. The van der Waals surface area contributed by atoms with Gasteiger partial charge in [-0.05, 0) is 19.1 Å². The number of hydrogen-bond acceptors (Lipinski definition) is 5. The molecule has 7 heteroatoms. The predicted octanol–water partition coefficient (Wildman–Crippen LogP) is 0.337. The summed E-state index contributed by atoms with van der Waals surface area (Å²) in [6, 6.07) is 3.50. The van der Waals surface area contributed by atoms with E-state index >= 15 is 0 Å². The minimum atomic E-state index is -0.257. The number of aromatic nitrogens is 2. The molecule has 1 amide bonds. The van der Waals surface area contributed by atoms with Crippen molar-refractivity contribution in [3.63, 3.8) is 0 Å². The van der Waals surface area contributed by atoms with E-state index in [0.29, 0.717) is 17.2 Å². The van der Waals surface area contributed by atoms with E-state index in [1.165, 1.54) is 0 Å². The first-order chi connectivity index (χ1) is 8.45. The maximum Gasteiger partial charge on any atom is 0.271 e. The van der Waals surface area contributed by atoms with E-state index < -0.39 is 0 Å². The number of carbonyl (C=O) groups is 1. The van der Waals surface area contributed by atoms with Gasteiger partial charge in [-0.15, -0.1) is 10.2 Å². The Kier molecular flexibility index (Phi) is 4.96. The molecule has 0 aliphatic rings. The summed E-state index contributed by atoms with van der Waals surface area (Å²) in [5.74, 6) is 0.416. The predicted molar refractivity (Wildman–Crippen MR) is 74.7 cm³/mol. The van der Waals surface area contributed by atoms with Gasteiger partial charge in [0, 0.05) is 26.6 Å². The molecule has 0 radical (unpaired) electrons.